The molecule has 3 heterocycles. The Labute approximate surface area is 240 Å². The van der Waals surface area contributed by atoms with Crippen molar-refractivity contribution in [2.75, 3.05) is 5.32 Å². The van der Waals surface area contributed by atoms with Gasteiger partial charge in [0.1, 0.15) is 17.7 Å². The number of alkyl halides is 4. The number of hydrogen-bond donors (Lipinski definition) is 2. The number of aromatic nitrogens is 5. The summed E-state index contributed by atoms with van der Waals surface area (Å²) in [6.07, 6.45) is -2.35. The Morgan fingerprint density at radius 3 is 2.63 bits per heavy atom. The number of pyridine rings is 2. The van der Waals surface area contributed by atoms with Gasteiger partial charge in [0.05, 0.1) is 19.2 Å². The number of amides is 2. The van der Waals surface area contributed by atoms with Crippen molar-refractivity contribution in [3.05, 3.63) is 100 Å². The molecule has 16 heteroatoms. The molecule has 1 atom stereocenters. The summed E-state index contributed by atoms with van der Waals surface area (Å²) in [6, 6.07) is 10.3. The minimum absolute atomic E-state index is 0.0207. The summed E-state index contributed by atoms with van der Waals surface area (Å²) in [6.45, 7) is -0.741. The van der Waals surface area contributed by atoms with Gasteiger partial charge in [-0.1, -0.05) is 11.3 Å². The third-order valence-electron chi connectivity index (χ3n) is 5.88. The predicted octanol–water partition coefficient (Wildman–Crippen LogP) is 3.41. The van der Waals surface area contributed by atoms with Crippen molar-refractivity contribution in [2.45, 2.75) is 45.0 Å². The van der Waals surface area contributed by atoms with Crippen molar-refractivity contribution >= 4 is 17.5 Å². The highest BCUT2D eigenvalue weighted by Crippen LogP contribution is 2.24. The van der Waals surface area contributed by atoms with E-state index in [-0.39, 0.29) is 48.8 Å². The highest BCUT2D eigenvalue weighted by molar-refractivity contribution is 5.92. The maximum atomic E-state index is 14.6. The Bertz CT molecular complexity index is 1630. The Morgan fingerprint density at radius 2 is 1.91 bits per heavy atom. The van der Waals surface area contributed by atoms with Crippen LogP contribution in [-0.4, -0.2) is 48.9 Å². The summed E-state index contributed by atoms with van der Waals surface area (Å²) in [4.78, 5) is 41.0. The maximum Gasteiger partial charge on any atom is 0.573 e. The van der Waals surface area contributed by atoms with E-state index in [4.69, 9.17) is 0 Å². The first kappa shape index (κ1) is 30.8. The van der Waals surface area contributed by atoms with E-state index in [9.17, 15) is 36.3 Å². The Kier molecular flexibility index (Phi) is 9.80. The second-order valence-electron chi connectivity index (χ2n) is 9.19. The number of halogens is 5. The van der Waals surface area contributed by atoms with Crippen LogP contribution in [0, 0.1) is 5.82 Å². The molecule has 2 amide bonds. The summed E-state index contributed by atoms with van der Waals surface area (Å²) in [7, 11) is 0. The molecule has 0 aliphatic heterocycles. The lowest BCUT2D eigenvalue weighted by molar-refractivity contribution is -0.274. The van der Waals surface area contributed by atoms with Crippen molar-refractivity contribution in [1.29, 1.82) is 0 Å². The van der Waals surface area contributed by atoms with Crippen LogP contribution < -0.4 is 20.9 Å². The van der Waals surface area contributed by atoms with E-state index in [1.54, 1.807) is 24.4 Å². The number of rotatable bonds is 12. The molecule has 0 saturated carbocycles. The molecular formula is C27H24F5N7O4. The Morgan fingerprint density at radius 1 is 1.09 bits per heavy atom. The Hall–Kier alpha value is -5.15. The minimum Gasteiger partial charge on any atom is -0.406 e. The normalized spacial score (nSPS) is 12.0. The number of benzene rings is 1. The monoisotopic (exact) mass is 605 g/mol. The zero-order valence-corrected chi connectivity index (χ0v) is 22.2. The first-order valence-electron chi connectivity index (χ1n) is 12.7. The van der Waals surface area contributed by atoms with Gasteiger partial charge in [-0.2, -0.15) is 0 Å². The molecule has 0 aliphatic carbocycles. The zero-order valence-electron chi connectivity index (χ0n) is 22.2. The first-order valence-corrected chi connectivity index (χ1v) is 12.7. The molecule has 1 unspecified atom stereocenters. The summed E-state index contributed by atoms with van der Waals surface area (Å²) < 4.78 is 71.9. The van der Waals surface area contributed by atoms with E-state index >= 15 is 0 Å². The van der Waals surface area contributed by atoms with Gasteiger partial charge in [0.15, 0.2) is 5.69 Å². The number of nitrogens with one attached hydrogen (secondary N) is 2. The minimum atomic E-state index is -4.97. The average molecular weight is 606 g/mol. The number of carbonyl (C=O) groups is 2. The van der Waals surface area contributed by atoms with Crippen LogP contribution in [0.4, 0.5) is 27.6 Å². The molecule has 0 aliphatic rings. The van der Waals surface area contributed by atoms with Crippen LogP contribution in [0.3, 0.4) is 0 Å². The van der Waals surface area contributed by atoms with Gasteiger partial charge in [0.2, 0.25) is 5.91 Å². The van der Waals surface area contributed by atoms with Gasteiger partial charge >= 0.3 is 6.36 Å². The standard InChI is InChI=1S/C27H24F5N7O4/c28-18(6-9-38-10-7-20(13-25(38)41)35-24(40)12-19-3-1-2-8-33-19)15-39-16-23(36-37-39)26(42)34-14-17-11-21(4-5-22(17)29)43-27(30,31)32/h1-5,7-8,10-11,13,16,18H,6,9,12,14-15H2,(H,34,42)(H,35,40). The average Bonchev–Trinajstić information content (AvgIpc) is 3.41. The molecule has 0 radical (unpaired) electrons. The number of nitrogens with zero attached hydrogens (tertiary/aromatic N) is 5. The van der Waals surface area contributed by atoms with Crippen molar-refractivity contribution in [3.8, 4) is 5.75 Å². The first-order chi connectivity index (χ1) is 20.4. The number of carbonyl (C=O) groups excluding carboxylic acids is 2. The van der Waals surface area contributed by atoms with Gasteiger partial charge in [0.25, 0.3) is 11.5 Å². The molecule has 0 fully saturated rings. The lowest BCUT2D eigenvalue weighted by Crippen LogP contribution is -2.24. The van der Waals surface area contributed by atoms with Crippen LogP contribution in [0.2, 0.25) is 0 Å². The fraction of sp³-hybridized carbons (Fsp3) is 0.259. The molecule has 11 nitrogen and oxygen atoms in total. The molecule has 1 aromatic carbocycles. The van der Waals surface area contributed by atoms with Gasteiger partial charge in [0, 0.05) is 48.5 Å². The van der Waals surface area contributed by atoms with Crippen molar-refractivity contribution in [3.63, 3.8) is 0 Å². The molecule has 0 bridgehead atoms. The number of ether oxygens (including phenoxy) is 1. The topological polar surface area (TPSA) is 133 Å². The molecule has 4 rings (SSSR count). The highest BCUT2D eigenvalue weighted by atomic mass is 19.4. The summed E-state index contributed by atoms with van der Waals surface area (Å²) in [5, 5.41) is 12.2. The molecule has 0 saturated heterocycles. The van der Waals surface area contributed by atoms with Gasteiger partial charge in [-0.3, -0.25) is 19.4 Å². The van der Waals surface area contributed by atoms with E-state index in [1.165, 1.54) is 22.9 Å². The van der Waals surface area contributed by atoms with E-state index in [2.05, 4.69) is 30.7 Å². The third-order valence-corrected chi connectivity index (χ3v) is 5.88. The van der Waals surface area contributed by atoms with Gasteiger partial charge in [-0.05, 0) is 42.8 Å². The van der Waals surface area contributed by atoms with E-state index in [0.717, 1.165) is 29.1 Å². The van der Waals surface area contributed by atoms with Crippen LogP contribution in [-0.2, 0) is 30.8 Å². The molecule has 0 spiro atoms. The van der Waals surface area contributed by atoms with Gasteiger partial charge in [-0.15, -0.1) is 18.3 Å². The third kappa shape index (κ3) is 9.44. The number of hydrogen-bond acceptors (Lipinski definition) is 7. The van der Waals surface area contributed by atoms with E-state index in [1.807, 2.05) is 0 Å². The molecular weight excluding hydrogens is 581 g/mol. The van der Waals surface area contributed by atoms with Crippen LogP contribution >= 0.6 is 0 Å². The van der Waals surface area contributed by atoms with Crippen molar-refractivity contribution in [1.82, 2.24) is 29.9 Å². The van der Waals surface area contributed by atoms with Gasteiger partial charge in [-0.25, -0.2) is 13.5 Å². The van der Waals surface area contributed by atoms with Gasteiger partial charge < -0.3 is 19.9 Å². The quantitative estimate of drug-likeness (QED) is 0.237. The van der Waals surface area contributed by atoms with Crippen LogP contribution in [0.5, 0.6) is 5.75 Å². The summed E-state index contributed by atoms with van der Waals surface area (Å²) >= 11 is 0. The van der Waals surface area contributed by atoms with E-state index < -0.39 is 42.1 Å². The van der Waals surface area contributed by atoms with Crippen LogP contribution in [0.25, 0.3) is 0 Å². The number of aryl methyl sites for hydroxylation is 1. The Balaban J connectivity index is 1.24. The molecule has 43 heavy (non-hydrogen) atoms. The largest absolute Gasteiger partial charge is 0.573 e. The van der Waals surface area contributed by atoms with Crippen molar-refractivity contribution in [2.24, 2.45) is 0 Å². The maximum absolute atomic E-state index is 14.6. The highest BCUT2D eigenvalue weighted by Gasteiger charge is 2.31. The summed E-state index contributed by atoms with van der Waals surface area (Å²) in [5.41, 5.74) is -0.0809. The fourth-order valence-corrected chi connectivity index (χ4v) is 3.86. The smallest absolute Gasteiger partial charge is 0.406 e. The molecule has 4 aromatic rings. The lowest BCUT2D eigenvalue weighted by atomic mass is 10.2. The molecule has 226 valence electrons. The SMILES string of the molecule is O=C(Cc1ccccn1)Nc1ccn(CCC(F)Cn2cc(C(=O)NCc3cc(OC(F)(F)F)ccc3F)nn2)c(=O)c1. The predicted molar refractivity (Wildman–Crippen MR) is 141 cm³/mol. The van der Waals surface area contributed by atoms with Crippen LogP contribution in [0.1, 0.15) is 28.2 Å². The number of anilines is 1. The van der Waals surface area contributed by atoms with Crippen molar-refractivity contribution < 1.29 is 36.3 Å². The second kappa shape index (κ2) is 13.7. The zero-order chi connectivity index (χ0) is 31.0. The lowest BCUT2D eigenvalue weighted by Gasteiger charge is -2.11. The second-order valence-corrected chi connectivity index (χ2v) is 9.19. The van der Waals surface area contributed by atoms with E-state index in [0.29, 0.717) is 5.69 Å². The fourth-order valence-electron chi connectivity index (χ4n) is 3.86. The molecule has 3 aromatic heterocycles. The summed E-state index contributed by atoms with van der Waals surface area (Å²) in [5.74, 6) is -2.68. The van der Waals surface area contributed by atoms with Crippen LogP contribution in [0.15, 0.2) is 71.9 Å². The molecule has 2 N–H and O–H groups in total.